The first kappa shape index (κ1) is 15.1. The summed E-state index contributed by atoms with van der Waals surface area (Å²) < 4.78 is 0. The van der Waals surface area contributed by atoms with E-state index in [0.29, 0.717) is 13.1 Å². The van der Waals surface area contributed by atoms with Crippen LogP contribution in [0.3, 0.4) is 0 Å². The van der Waals surface area contributed by atoms with E-state index in [9.17, 15) is 9.59 Å². The quantitative estimate of drug-likeness (QED) is 0.841. The fourth-order valence-electron chi connectivity index (χ4n) is 3.82. The molecule has 2 aliphatic rings. The minimum atomic E-state index is 0.0633. The van der Waals surface area contributed by atoms with E-state index in [0.717, 1.165) is 25.7 Å². The average molecular weight is 300 g/mol. The molecule has 1 aliphatic carbocycles. The van der Waals surface area contributed by atoms with Crippen molar-refractivity contribution >= 4 is 11.8 Å². The Balaban J connectivity index is 1.65. The van der Waals surface area contributed by atoms with Gasteiger partial charge in [-0.3, -0.25) is 9.59 Å². The summed E-state index contributed by atoms with van der Waals surface area (Å²) in [5, 5.41) is 0. The molecule has 118 valence electrons. The van der Waals surface area contributed by atoms with Gasteiger partial charge >= 0.3 is 0 Å². The van der Waals surface area contributed by atoms with Crippen molar-refractivity contribution in [3.05, 3.63) is 35.4 Å². The molecular weight excluding hydrogens is 276 g/mol. The molecule has 0 spiro atoms. The van der Waals surface area contributed by atoms with Crippen LogP contribution < -0.4 is 0 Å². The minimum Gasteiger partial charge on any atom is -0.343 e. The zero-order valence-electron chi connectivity index (χ0n) is 13.4. The van der Waals surface area contributed by atoms with Crippen molar-refractivity contribution < 1.29 is 9.59 Å². The largest absolute Gasteiger partial charge is 0.343 e. The highest BCUT2D eigenvalue weighted by atomic mass is 16.2. The van der Waals surface area contributed by atoms with Crippen LogP contribution in [0.2, 0.25) is 0 Å². The molecule has 4 nitrogen and oxygen atoms in total. The van der Waals surface area contributed by atoms with Gasteiger partial charge in [-0.1, -0.05) is 24.3 Å². The molecule has 22 heavy (non-hydrogen) atoms. The Kier molecular flexibility index (Phi) is 4.19. The van der Waals surface area contributed by atoms with Crippen LogP contribution in [-0.2, 0) is 16.0 Å². The molecule has 0 saturated carbocycles. The molecule has 1 aliphatic heterocycles. The number of amides is 2. The summed E-state index contributed by atoms with van der Waals surface area (Å²) in [5.41, 5.74) is 2.68. The molecule has 1 heterocycles. The van der Waals surface area contributed by atoms with E-state index < -0.39 is 0 Å². The summed E-state index contributed by atoms with van der Waals surface area (Å²) >= 11 is 0. The van der Waals surface area contributed by atoms with E-state index in [4.69, 9.17) is 0 Å². The van der Waals surface area contributed by atoms with Crippen LogP contribution in [0.5, 0.6) is 0 Å². The van der Waals surface area contributed by atoms with Gasteiger partial charge < -0.3 is 9.80 Å². The highest BCUT2D eigenvalue weighted by Crippen LogP contribution is 2.36. The number of fused-ring (bicyclic) bond motifs is 1. The second kappa shape index (κ2) is 6.11. The summed E-state index contributed by atoms with van der Waals surface area (Å²) in [6.45, 7) is 3.02. The van der Waals surface area contributed by atoms with E-state index in [1.807, 2.05) is 16.8 Å². The molecule has 4 heteroatoms. The second-order valence-electron chi connectivity index (χ2n) is 6.48. The Labute approximate surface area is 132 Å². The maximum Gasteiger partial charge on any atom is 0.226 e. The number of hydrogen-bond donors (Lipinski definition) is 0. The van der Waals surface area contributed by atoms with E-state index in [-0.39, 0.29) is 23.8 Å². The third-order valence-corrected chi connectivity index (χ3v) is 5.21. The number of carbonyl (C=O) groups is 2. The first-order chi connectivity index (χ1) is 10.6. The average Bonchev–Trinajstić information content (AvgIpc) is 2.97. The third-order valence-electron chi connectivity index (χ3n) is 5.21. The Morgan fingerprint density at radius 2 is 1.82 bits per heavy atom. The van der Waals surface area contributed by atoms with Crippen molar-refractivity contribution in [2.24, 2.45) is 5.92 Å². The van der Waals surface area contributed by atoms with Crippen LogP contribution in [0.1, 0.15) is 43.4 Å². The van der Waals surface area contributed by atoms with Crippen LogP contribution in [0, 0.1) is 5.92 Å². The van der Waals surface area contributed by atoms with Gasteiger partial charge in [0.15, 0.2) is 0 Å². The number of likely N-dealkylation sites (tertiary alicyclic amines) is 1. The van der Waals surface area contributed by atoms with Crippen molar-refractivity contribution in [1.29, 1.82) is 0 Å². The number of piperidine rings is 1. The summed E-state index contributed by atoms with van der Waals surface area (Å²) in [6.07, 6.45) is 3.66. The predicted molar refractivity (Wildman–Crippen MR) is 85.3 cm³/mol. The van der Waals surface area contributed by atoms with E-state index >= 15 is 0 Å². The summed E-state index contributed by atoms with van der Waals surface area (Å²) in [6, 6.07) is 8.66. The standard InChI is InChI=1S/C18H24N2O2/c1-13(21)20-11-9-15(10-12-20)18(22)19(2)17-8-7-14-5-3-4-6-16(14)17/h3-6,15,17H,7-12H2,1-2H3. The lowest BCUT2D eigenvalue weighted by molar-refractivity contribution is -0.140. The van der Waals surface area contributed by atoms with Gasteiger partial charge in [0.2, 0.25) is 11.8 Å². The van der Waals surface area contributed by atoms with Crippen molar-refractivity contribution in [3.8, 4) is 0 Å². The van der Waals surface area contributed by atoms with Crippen LogP contribution >= 0.6 is 0 Å². The Hall–Kier alpha value is -1.84. The molecule has 1 aromatic carbocycles. The summed E-state index contributed by atoms with van der Waals surface area (Å²) in [4.78, 5) is 28.0. The number of benzene rings is 1. The van der Waals surface area contributed by atoms with Crippen molar-refractivity contribution in [3.63, 3.8) is 0 Å². The highest BCUT2D eigenvalue weighted by molar-refractivity contribution is 5.80. The van der Waals surface area contributed by atoms with Crippen molar-refractivity contribution in [1.82, 2.24) is 9.80 Å². The lowest BCUT2D eigenvalue weighted by atomic mass is 9.94. The molecule has 2 amide bonds. The van der Waals surface area contributed by atoms with Gasteiger partial charge in [0.1, 0.15) is 0 Å². The second-order valence-corrected chi connectivity index (χ2v) is 6.48. The zero-order valence-corrected chi connectivity index (χ0v) is 13.4. The number of hydrogen-bond acceptors (Lipinski definition) is 2. The van der Waals surface area contributed by atoms with Gasteiger partial charge in [-0.05, 0) is 36.8 Å². The zero-order chi connectivity index (χ0) is 15.7. The van der Waals surface area contributed by atoms with Gasteiger partial charge in [-0.2, -0.15) is 0 Å². The maximum absolute atomic E-state index is 12.8. The highest BCUT2D eigenvalue weighted by Gasteiger charge is 2.33. The monoisotopic (exact) mass is 300 g/mol. The summed E-state index contributed by atoms with van der Waals surface area (Å²) in [7, 11) is 1.94. The van der Waals surface area contributed by atoms with E-state index in [1.165, 1.54) is 11.1 Å². The minimum absolute atomic E-state index is 0.0633. The fourth-order valence-corrected chi connectivity index (χ4v) is 3.82. The third kappa shape index (κ3) is 2.74. The van der Waals surface area contributed by atoms with Crippen LogP contribution in [0.15, 0.2) is 24.3 Å². The number of nitrogens with zero attached hydrogens (tertiary/aromatic N) is 2. The van der Waals surface area contributed by atoms with Crippen LogP contribution in [-0.4, -0.2) is 41.8 Å². The maximum atomic E-state index is 12.8. The van der Waals surface area contributed by atoms with E-state index in [2.05, 4.69) is 24.3 Å². The lowest BCUT2D eigenvalue weighted by Gasteiger charge is -2.34. The molecule has 1 aromatic rings. The molecule has 0 aromatic heterocycles. The van der Waals surface area contributed by atoms with Gasteiger partial charge in [0.25, 0.3) is 0 Å². The molecule has 1 atom stereocenters. The normalized spacial score (nSPS) is 21.5. The topological polar surface area (TPSA) is 40.6 Å². The van der Waals surface area contributed by atoms with Crippen LogP contribution in [0.4, 0.5) is 0 Å². The number of aryl methyl sites for hydroxylation is 1. The van der Waals surface area contributed by atoms with Crippen molar-refractivity contribution in [2.45, 2.75) is 38.6 Å². The first-order valence-corrected chi connectivity index (χ1v) is 8.18. The molecular formula is C18H24N2O2. The molecule has 0 radical (unpaired) electrons. The smallest absolute Gasteiger partial charge is 0.226 e. The fraction of sp³-hybridized carbons (Fsp3) is 0.556. The van der Waals surface area contributed by atoms with Gasteiger partial charge in [-0.25, -0.2) is 0 Å². The Morgan fingerprint density at radius 3 is 2.50 bits per heavy atom. The first-order valence-electron chi connectivity index (χ1n) is 8.18. The molecule has 1 unspecified atom stereocenters. The Bertz CT molecular complexity index is 576. The summed E-state index contributed by atoms with van der Waals surface area (Å²) in [5.74, 6) is 0.419. The SMILES string of the molecule is CC(=O)N1CCC(C(=O)N(C)C2CCc3ccccc32)CC1. The molecule has 0 N–H and O–H groups in total. The number of rotatable bonds is 2. The molecule has 3 rings (SSSR count). The Morgan fingerprint density at radius 1 is 1.14 bits per heavy atom. The lowest BCUT2D eigenvalue weighted by Crippen LogP contribution is -2.43. The molecule has 0 bridgehead atoms. The molecule has 1 fully saturated rings. The van der Waals surface area contributed by atoms with Crippen LogP contribution in [0.25, 0.3) is 0 Å². The van der Waals surface area contributed by atoms with Gasteiger partial charge in [-0.15, -0.1) is 0 Å². The molecule has 1 saturated heterocycles. The van der Waals surface area contributed by atoms with Gasteiger partial charge in [0, 0.05) is 33.0 Å². The van der Waals surface area contributed by atoms with Crippen molar-refractivity contribution in [2.75, 3.05) is 20.1 Å². The number of carbonyl (C=O) groups excluding carboxylic acids is 2. The predicted octanol–water partition coefficient (Wildman–Crippen LogP) is 2.39. The van der Waals surface area contributed by atoms with E-state index in [1.54, 1.807) is 6.92 Å². The van der Waals surface area contributed by atoms with Gasteiger partial charge in [0.05, 0.1) is 6.04 Å².